The van der Waals surface area contributed by atoms with Crippen LogP contribution in [-0.2, 0) is 0 Å². The third kappa shape index (κ3) is 6.58. The van der Waals surface area contributed by atoms with Gasteiger partial charge in [0.2, 0.25) is 0 Å². The summed E-state index contributed by atoms with van der Waals surface area (Å²) in [5.41, 5.74) is 1.45. The molecule has 0 aromatic rings. The molecule has 0 unspecified atom stereocenters. The van der Waals surface area contributed by atoms with Gasteiger partial charge in [-0.2, -0.15) is 0 Å². The Balaban J connectivity index is 0.000000200. The summed E-state index contributed by atoms with van der Waals surface area (Å²) in [4.78, 5) is 0. The Hall–Kier alpha value is -0.0800. The largest absolute Gasteiger partial charge is 0.307 e. The Morgan fingerprint density at radius 3 is 0.750 bits per heavy atom. The SMILES string of the molecule is CC1(C)CCCC(C)(C)N1.CC1(C)CCCC(C)(C)N1. The first-order valence-electron chi connectivity index (χ1n) is 8.41. The molecule has 0 aliphatic carbocycles. The van der Waals surface area contributed by atoms with E-state index in [2.05, 4.69) is 66.0 Å². The molecule has 2 saturated heterocycles. The second-order valence-electron chi connectivity index (χ2n) is 9.49. The monoisotopic (exact) mass is 282 g/mol. The zero-order valence-electron chi connectivity index (χ0n) is 15.2. The zero-order valence-corrected chi connectivity index (χ0v) is 15.2. The molecular formula is C18H38N2. The molecule has 2 N–H and O–H groups in total. The van der Waals surface area contributed by atoms with E-state index in [1.807, 2.05) is 0 Å². The van der Waals surface area contributed by atoms with Gasteiger partial charge in [0.15, 0.2) is 0 Å². The van der Waals surface area contributed by atoms with Crippen molar-refractivity contribution in [3.63, 3.8) is 0 Å². The van der Waals surface area contributed by atoms with Gasteiger partial charge in [0.1, 0.15) is 0 Å². The Morgan fingerprint density at radius 1 is 0.450 bits per heavy atom. The van der Waals surface area contributed by atoms with Crippen LogP contribution in [0.5, 0.6) is 0 Å². The molecule has 0 spiro atoms. The smallest absolute Gasteiger partial charge is 0.0130 e. The van der Waals surface area contributed by atoms with Crippen LogP contribution in [0.25, 0.3) is 0 Å². The van der Waals surface area contributed by atoms with Crippen molar-refractivity contribution >= 4 is 0 Å². The minimum Gasteiger partial charge on any atom is -0.307 e. The standard InChI is InChI=1S/2C9H19N/c2*1-8(2)6-5-7-9(3,4)10-8/h2*10H,5-7H2,1-4H3. The molecule has 2 aliphatic rings. The third-order valence-electron chi connectivity index (χ3n) is 4.56. The Kier molecular flexibility index (Phi) is 5.36. The van der Waals surface area contributed by atoms with Crippen LogP contribution >= 0.6 is 0 Å². The third-order valence-corrected chi connectivity index (χ3v) is 4.56. The molecule has 0 bridgehead atoms. The fourth-order valence-corrected chi connectivity index (χ4v) is 4.03. The van der Waals surface area contributed by atoms with Gasteiger partial charge in [-0.25, -0.2) is 0 Å². The molecule has 0 aromatic carbocycles. The molecule has 2 aliphatic heterocycles. The molecule has 20 heavy (non-hydrogen) atoms. The minimum atomic E-state index is 0.363. The lowest BCUT2D eigenvalue weighted by Gasteiger charge is -2.42. The number of piperidine rings is 2. The maximum Gasteiger partial charge on any atom is 0.0130 e. The van der Waals surface area contributed by atoms with Crippen molar-refractivity contribution in [1.82, 2.24) is 10.6 Å². The lowest BCUT2D eigenvalue weighted by Crippen LogP contribution is -2.55. The van der Waals surface area contributed by atoms with E-state index < -0.39 is 0 Å². The predicted molar refractivity (Wildman–Crippen MR) is 90.3 cm³/mol. The number of hydrogen-bond acceptors (Lipinski definition) is 2. The highest BCUT2D eigenvalue weighted by Gasteiger charge is 2.32. The van der Waals surface area contributed by atoms with Crippen LogP contribution in [0.15, 0.2) is 0 Å². The van der Waals surface area contributed by atoms with Crippen LogP contribution in [0, 0.1) is 0 Å². The van der Waals surface area contributed by atoms with Crippen molar-refractivity contribution in [2.24, 2.45) is 0 Å². The fourth-order valence-electron chi connectivity index (χ4n) is 4.03. The Bertz CT molecular complexity index is 253. The Morgan fingerprint density at radius 2 is 0.650 bits per heavy atom. The van der Waals surface area contributed by atoms with Crippen LogP contribution < -0.4 is 10.6 Å². The highest BCUT2D eigenvalue weighted by Crippen LogP contribution is 2.28. The van der Waals surface area contributed by atoms with Crippen LogP contribution in [0.2, 0.25) is 0 Å². The number of rotatable bonds is 0. The van der Waals surface area contributed by atoms with Crippen LogP contribution in [0.1, 0.15) is 93.9 Å². The lowest BCUT2D eigenvalue weighted by atomic mass is 9.83. The highest BCUT2D eigenvalue weighted by molar-refractivity contribution is 4.93. The average Bonchev–Trinajstić information content (AvgIpc) is 2.09. The van der Waals surface area contributed by atoms with Crippen LogP contribution in [0.4, 0.5) is 0 Å². The van der Waals surface area contributed by atoms with E-state index in [0.717, 1.165) is 0 Å². The summed E-state index contributed by atoms with van der Waals surface area (Å²) in [6.45, 7) is 18.3. The summed E-state index contributed by atoms with van der Waals surface area (Å²) in [6, 6.07) is 0. The van der Waals surface area contributed by atoms with E-state index in [1.165, 1.54) is 38.5 Å². The van der Waals surface area contributed by atoms with Crippen LogP contribution in [0.3, 0.4) is 0 Å². The molecule has 2 heteroatoms. The minimum absolute atomic E-state index is 0.363. The van der Waals surface area contributed by atoms with Gasteiger partial charge in [0.25, 0.3) is 0 Å². The normalized spacial score (nSPS) is 30.0. The quantitative estimate of drug-likeness (QED) is 0.676. The van der Waals surface area contributed by atoms with E-state index in [-0.39, 0.29) is 0 Å². The van der Waals surface area contributed by atoms with E-state index >= 15 is 0 Å². The first-order chi connectivity index (χ1) is 8.83. The second-order valence-corrected chi connectivity index (χ2v) is 9.49. The zero-order chi connectivity index (χ0) is 15.7. The van der Waals surface area contributed by atoms with Gasteiger partial charge in [-0.1, -0.05) is 0 Å². The summed E-state index contributed by atoms with van der Waals surface area (Å²) >= 11 is 0. The van der Waals surface area contributed by atoms with Crippen molar-refractivity contribution < 1.29 is 0 Å². The summed E-state index contributed by atoms with van der Waals surface area (Å²) in [5, 5.41) is 7.26. The first kappa shape index (κ1) is 18.0. The van der Waals surface area contributed by atoms with E-state index in [9.17, 15) is 0 Å². The number of nitrogens with one attached hydrogen (secondary N) is 2. The van der Waals surface area contributed by atoms with Gasteiger partial charge >= 0.3 is 0 Å². The van der Waals surface area contributed by atoms with E-state index in [4.69, 9.17) is 0 Å². The molecular weight excluding hydrogens is 244 g/mol. The van der Waals surface area contributed by atoms with E-state index in [0.29, 0.717) is 22.2 Å². The van der Waals surface area contributed by atoms with Gasteiger partial charge in [-0.3, -0.25) is 0 Å². The molecule has 2 fully saturated rings. The van der Waals surface area contributed by atoms with Crippen molar-refractivity contribution in [3.05, 3.63) is 0 Å². The first-order valence-corrected chi connectivity index (χ1v) is 8.41. The summed E-state index contributed by atoms with van der Waals surface area (Å²) in [5.74, 6) is 0. The summed E-state index contributed by atoms with van der Waals surface area (Å²) in [7, 11) is 0. The highest BCUT2D eigenvalue weighted by atomic mass is 15.0. The van der Waals surface area contributed by atoms with Crippen molar-refractivity contribution in [1.29, 1.82) is 0 Å². The molecule has 120 valence electrons. The maximum atomic E-state index is 3.63. The van der Waals surface area contributed by atoms with Gasteiger partial charge in [-0.15, -0.1) is 0 Å². The maximum absolute atomic E-state index is 3.63. The van der Waals surface area contributed by atoms with Gasteiger partial charge in [0, 0.05) is 22.2 Å². The molecule has 0 saturated carbocycles. The number of hydrogen-bond donors (Lipinski definition) is 2. The molecule has 2 rings (SSSR count). The lowest BCUT2D eigenvalue weighted by molar-refractivity contribution is 0.182. The summed E-state index contributed by atoms with van der Waals surface area (Å²) < 4.78 is 0. The predicted octanol–water partition coefficient (Wildman–Crippen LogP) is 4.63. The second kappa shape index (κ2) is 5.96. The van der Waals surface area contributed by atoms with Crippen molar-refractivity contribution in [3.8, 4) is 0 Å². The molecule has 2 nitrogen and oxygen atoms in total. The molecule has 2 heterocycles. The van der Waals surface area contributed by atoms with Crippen molar-refractivity contribution in [2.45, 2.75) is 116 Å². The molecule has 0 amide bonds. The van der Waals surface area contributed by atoms with E-state index in [1.54, 1.807) is 0 Å². The van der Waals surface area contributed by atoms with Crippen LogP contribution in [-0.4, -0.2) is 22.2 Å². The molecule has 0 atom stereocenters. The van der Waals surface area contributed by atoms with Gasteiger partial charge in [-0.05, 0) is 93.9 Å². The fraction of sp³-hybridized carbons (Fsp3) is 1.00. The van der Waals surface area contributed by atoms with Gasteiger partial charge in [0.05, 0.1) is 0 Å². The topological polar surface area (TPSA) is 24.1 Å². The Labute approximate surface area is 127 Å². The molecule has 0 radical (unpaired) electrons. The van der Waals surface area contributed by atoms with Crippen molar-refractivity contribution in [2.75, 3.05) is 0 Å². The molecule has 0 aromatic heterocycles. The average molecular weight is 283 g/mol. The van der Waals surface area contributed by atoms with Gasteiger partial charge < -0.3 is 10.6 Å². The summed E-state index contributed by atoms with van der Waals surface area (Å²) in [6.07, 6.45) is 8.00.